The molecule has 0 N–H and O–H groups in total. The summed E-state index contributed by atoms with van der Waals surface area (Å²) in [5.41, 5.74) is 2.13. The molecule has 1 aliphatic rings. The zero-order valence-corrected chi connectivity index (χ0v) is 14.1. The molecular weight excluding hydrogens is 308 g/mol. The summed E-state index contributed by atoms with van der Waals surface area (Å²) in [4.78, 5) is 12.7. The third-order valence-electron chi connectivity index (χ3n) is 4.02. The standard InChI is InChI=1S/C19H20OS2/c20-18(16-9-5-2-6-10-16)13-17(15-7-3-1-4-8-15)19-14-21-11-12-22-19/h1-10,17,19H,11-14H2. The van der Waals surface area contributed by atoms with Crippen molar-refractivity contribution in [1.29, 1.82) is 0 Å². The van der Waals surface area contributed by atoms with E-state index in [1.54, 1.807) is 0 Å². The van der Waals surface area contributed by atoms with Gasteiger partial charge in [-0.3, -0.25) is 4.79 Å². The van der Waals surface area contributed by atoms with E-state index in [1.165, 1.54) is 17.1 Å². The average molecular weight is 329 g/mol. The minimum atomic E-state index is 0.255. The van der Waals surface area contributed by atoms with Crippen LogP contribution in [0, 0.1) is 0 Å². The van der Waals surface area contributed by atoms with Crippen LogP contribution >= 0.6 is 23.5 Å². The van der Waals surface area contributed by atoms with Gasteiger partial charge in [0.15, 0.2) is 5.78 Å². The van der Waals surface area contributed by atoms with E-state index in [2.05, 4.69) is 24.3 Å². The van der Waals surface area contributed by atoms with Gasteiger partial charge in [0.25, 0.3) is 0 Å². The van der Waals surface area contributed by atoms with Crippen molar-refractivity contribution in [1.82, 2.24) is 0 Å². The Labute approximate surface area is 140 Å². The predicted molar refractivity (Wildman–Crippen MR) is 98.1 cm³/mol. The highest BCUT2D eigenvalue weighted by atomic mass is 32.2. The van der Waals surface area contributed by atoms with Crippen molar-refractivity contribution in [2.24, 2.45) is 0 Å². The third kappa shape index (κ3) is 3.96. The number of hydrogen-bond donors (Lipinski definition) is 0. The van der Waals surface area contributed by atoms with Crippen LogP contribution in [0.15, 0.2) is 60.7 Å². The molecule has 0 aromatic heterocycles. The topological polar surface area (TPSA) is 17.1 Å². The molecule has 2 atom stereocenters. The minimum Gasteiger partial charge on any atom is -0.294 e. The lowest BCUT2D eigenvalue weighted by molar-refractivity contribution is 0.0973. The second-order valence-electron chi connectivity index (χ2n) is 5.49. The molecule has 0 amide bonds. The van der Waals surface area contributed by atoms with Crippen LogP contribution < -0.4 is 0 Å². The lowest BCUT2D eigenvalue weighted by Crippen LogP contribution is -2.25. The molecule has 114 valence electrons. The van der Waals surface area contributed by atoms with Crippen molar-refractivity contribution in [3.63, 3.8) is 0 Å². The van der Waals surface area contributed by atoms with E-state index in [0.29, 0.717) is 17.6 Å². The Bertz CT molecular complexity index is 591. The Morgan fingerprint density at radius 2 is 1.68 bits per heavy atom. The molecular formula is C19H20OS2. The van der Waals surface area contributed by atoms with Crippen LogP contribution in [0.4, 0.5) is 0 Å². The smallest absolute Gasteiger partial charge is 0.163 e. The highest BCUT2D eigenvalue weighted by Gasteiger charge is 2.28. The van der Waals surface area contributed by atoms with E-state index >= 15 is 0 Å². The third-order valence-corrected chi connectivity index (χ3v) is 6.94. The number of ketones is 1. The quantitative estimate of drug-likeness (QED) is 0.727. The van der Waals surface area contributed by atoms with Crippen LogP contribution in [0.25, 0.3) is 0 Å². The van der Waals surface area contributed by atoms with E-state index in [4.69, 9.17) is 0 Å². The zero-order chi connectivity index (χ0) is 15.2. The summed E-state index contributed by atoms with van der Waals surface area (Å²) in [6, 6.07) is 20.2. The van der Waals surface area contributed by atoms with Gasteiger partial charge >= 0.3 is 0 Å². The summed E-state index contributed by atoms with van der Waals surface area (Å²) in [6.07, 6.45) is 0.603. The van der Waals surface area contributed by atoms with Gasteiger partial charge in [-0.25, -0.2) is 0 Å². The largest absolute Gasteiger partial charge is 0.294 e. The first-order valence-corrected chi connectivity index (χ1v) is 9.87. The maximum atomic E-state index is 12.7. The Kier molecular flexibility index (Phi) is 5.63. The van der Waals surface area contributed by atoms with Gasteiger partial charge in [-0.05, 0) is 5.56 Å². The van der Waals surface area contributed by atoms with Crippen LogP contribution in [0.3, 0.4) is 0 Å². The van der Waals surface area contributed by atoms with Gasteiger partial charge in [0.1, 0.15) is 0 Å². The van der Waals surface area contributed by atoms with Gasteiger partial charge in [-0.15, -0.1) is 0 Å². The van der Waals surface area contributed by atoms with E-state index in [0.717, 1.165) is 11.3 Å². The molecule has 1 nitrogen and oxygen atoms in total. The van der Waals surface area contributed by atoms with E-state index in [1.807, 2.05) is 59.9 Å². The van der Waals surface area contributed by atoms with Crippen LogP contribution in [0.1, 0.15) is 28.3 Å². The number of benzene rings is 2. The summed E-state index contributed by atoms with van der Waals surface area (Å²) < 4.78 is 0. The van der Waals surface area contributed by atoms with Gasteiger partial charge < -0.3 is 0 Å². The number of thioether (sulfide) groups is 2. The fourth-order valence-electron chi connectivity index (χ4n) is 2.84. The number of carbonyl (C=O) groups is 1. The Morgan fingerprint density at radius 3 is 2.32 bits per heavy atom. The molecule has 1 heterocycles. The molecule has 0 spiro atoms. The number of Topliss-reactive ketones (excluding diaryl/α,β-unsaturated/α-hetero) is 1. The van der Waals surface area contributed by atoms with Crippen molar-refractivity contribution in [3.8, 4) is 0 Å². The fraction of sp³-hybridized carbons (Fsp3) is 0.316. The molecule has 3 heteroatoms. The molecule has 2 aromatic carbocycles. The summed E-state index contributed by atoms with van der Waals surface area (Å²) in [5.74, 6) is 4.14. The molecule has 2 unspecified atom stereocenters. The molecule has 3 rings (SSSR count). The van der Waals surface area contributed by atoms with Crippen LogP contribution in [-0.4, -0.2) is 28.3 Å². The van der Waals surface area contributed by atoms with Crippen molar-refractivity contribution >= 4 is 29.3 Å². The first-order valence-electron chi connectivity index (χ1n) is 7.67. The lowest BCUT2D eigenvalue weighted by Gasteiger charge is -2.29. The average Bonchev–Trinajstić information content (AvgIpc) is 2.62. The second-order valence-corrected chi connectivity index (χ2v) is 7.99. The monoisotopic (exact) mass is 328 g/mol. The molecule has 0 radical (unpaired) electrons. The zero-order valence-electron chi connectivity index (χ0n) is 12.5. The van der Waals surface area contributed by atoms with Crippen LogP contribution in [0.2, 0.25) is 0 Å². The van der Waals surface area contributed by atoms with E-state index in [9.17, 15) is 4.79 Å². The minimum absolute atomic E-state index is 0.255. The molecule has 1 fully saturated rings. The number of hydrogen-bond acceptors (Lipinski definition) is 3. The van der Waals surface area contributed by atoms with Crippen LogP contribution in [0.5, 0.6) is 0 Å². The molecule has 0 bridgehead atoms. The maximum Gasteiger partial charge on any atom is 0.163 e. The van der Waals surface area contributed by atoms with Gasteiger partial charge in [0.05, 0.1) is 0 Å². The van der Waals surface area contributed by atoms with Crippen LogP contribution in [-0.2, 0) is 0 Å². The van der Waals surface area contributed by atoms with Crippen molar-refractivity contribution in [2.75, 3.05) is 17.3 Å². The predicted octanol–water partition coefficient (Wildman–Crippen LogP) is 4.89. The summed E-state index contributed by atoms with van der Waals surface area (Å²) in [7, 11) is 0. The highest BCUT2D eigenvalue weighted by Crippen LogP contribution is 2.37. The molecule has 22 heavy (non-hydrogen) atoms. The molecule has 0 aliphatic carbocycles. The lowest BCUT2D eigenvalue weighted by atomic mass is 9.89. The summed E-state index contributed by atoms with van der Waals surface area (Å²) >= 11 is 4.05. The van der Waals surface area contributed by atoms with E-state index in [-0.39, 0.29) is 5.78 Å². The second kappa shape index (κ2) is 7.89. The Morgan fingerprint density at radius 1 is 1.00 bits per heavy atom. The van der Waals surface area contributed by atoms with Gasteiger partial charge in [-0.2, -0.15) is 23.5 Å². The number of rotatable bonds is 5. The first-order chi connectivity index (χ1) is 10.8. The molecule has 1 aliphatic heterocycles. The summed E-state index contributed by atoms with van der Waals surface area (Å²) in [5, 5.41) is 0.536. The van der Waals surface area contributed by atoms with Crippen molar-refractivity contribution in [2.45, 2.75) is 17.6 Å². The molecule has 2 aromatic rings. The van der Waals surface area contributed by atoms with Gasteiger partial charge in [0.2, 0.25) is 0 Å². The van der Waals surface area contributed by atoms with Crippen molar-refractivity contribution in [3.05, 3.63) is 71.8 Å². The Hall–Kier alpha value is -1.19. The fourth-order valence-corrected chi connectivity index (χ4v) is 5.79. The highest BCUT2D eigenvalue weighted by molar-refractivity contribution is 8.06. The van der Waals surface area contributed by atoms with Crippen molar-refractivity contribution < 1.29 is 4.79 Å². The summed E-state index contributed by atoms with van der Waals surface area (Å²) in [6.45, 7) is 0. The number of carbonyl (C=O) groups excluding carboxylic acids is 1. The van der Waals surface area contributed by atoms with Gasteiger partial charge in [-0.1, -0.05) is 60.7 Å². The SMILES string of the molecule is O=C(CC(c1ccccc1)C1CSCCS1)c1ccccc1. The molecule has 1 saturated heterocycles. The Balaban J connectivity index is 1.81. The van der Waals surface area contributed by atoms with Gasteiger partial charge in [0, 0.05) is 40.4 Å². The maximum absolute atomic E-state index is 12.7. The molecule has 0 saturated carbocycles. The normalized spacial score (nSPS) is 19.5. The first kappa shape index (κ1) is 15.7. The van der Waals surface area contributed by atoms with E-state index < -0.39 is 0 Å².